The third kappa shape index (κ3) is 3.98. The van der Waals surface area contributed by atoms with Gasteiger partial charge in [0.05, 0.1) is 20.2 Å². The van der Waals surface area contributed by atoms with Gasteiger partial charge in [-0.1, -0.05) is 0 Å². The van der Waals surface area contributed by atoms with Gasteiger partial charge in [0.1, 0.15) is 34.0 Å². The van der Waals surface area contributed by atoms with E-state index < -0.39 is 33.8 Å². The van der Waals surface area contributed by atoms with E-state index in [4.69, 9.17) is 9.47 Å². The van der Waals surface area contributed by atoms with Crippen molar-refractivity contribution >= 4 is 10.0 Å². The minimum absolute atomic E-state index is 0.00952. The van der Waals surface area contributed by atoms with Crippen molar-refractivity contribution in [1.29, 1.82) is 0 Å². The number of methoxy groups -OCH3 is 1. The summed E-state index contributed by atoms with van der Waals surface area (Å²) in [6.07, 6.45) is -4.28. The summed E-state index contributed by atoms with van der Waals surface area (Å²) >= 11 is 0. The Morgan fingerprint density at radius 2 is 1.89 bits per heavy atom. The average molecular weight is 406 g/mol. The van der Waals surface area contributed by atoms with Crippen molar-refractivity contribution in [2.24, 2.45) is 0 Å². The van der Waals surface area contributed by atoms with Crippen LogP contribution in [0.15, 0.2) is 41.4 Å². The zero-order chi connectivity index (χ0) is 19.8. The zero-order valence-electron chi connectivity index (χ0n) is 13.9. The molecule has 11 heteroatoms. The lowest BCUT2D eigenvalue weighted by molar-refractivity contribution is -0.141. The Morgan fingerprint density at radius 1 is 1.19 bits per heavy atom. The average Bonchev–Trinajstić information content (AvgIpc) is 2.57. The van der Waals surface area contributed by atoms with E-state index in [2.05, 4.69) is 4.98 Å². The van der Waals surface area contributed by atoms with Crippen LogP contribution >= 0.6 is 0 Å². The van der Waals surface area contributed by atoms with Crippen LogP contribution < -0.4 is 9.47 Å². The van der Waals surface area contributed by atoms with E-state index in [0.717, 1.165) is 28.7 Å². The van der Waals surface area contributed by atoms with Crippen molar-refractivity contribution in [1.82, 2.24) is 9.29 Å². The van der Waals surface area contributed by atoms with E-state index in [1.165, 1.54) is 19.2 Å². The van der Waals surface area contributed by atoms with Crippen molar-refractivity contribution in [3.05, 3.63) is 48.0 Å². The quantitative estimate of drug-likeness (QED) is 0.715. The minimum Gasteiger partial charge on any atom is -0.495 e. The Labute approximate surface area is 152 Å². The molecule has 2 aromatic rings. The molecule has 1 aliphatic heterocycles. The molecule has 3 rings (SSSR count). The standard InChI is InChI=1S/C16H14F4N2O4S/c1-25-13-3-2-10(17)6-14(13)27(23,24)22-8-12(9-22)26-11-4-5-21-15(7-11)16(18,19)20/h2-7,12H,8-9H2,1H3. The van der Waals surface area contributed by atoms with Crippen LogP contribution in [0.3, 0.4) is 0 Å². The highest BCUT2D eigenvalue weighted by Crippen LogP contribution is 2.32. The monoisotopic (exact) mass is 406 g/mol. The van der Waals surface area contributed by atoms with E-state index in [-0.39, 0.29) is 29.5 Å². The highest BCUT2D eigenvalue weighted by atomic mass is 32.2. The molecular formula is C16H14F4N2O4S. The van der Waals surface area contributed by atoms with Crippen molar-refractivity contribution < 1.29 is 35.5 Å². The number of nitrogens with zero attached hydrogens (tertiary/aromatic N) is 2. The van der Waals surface area contributed by atoms with Gasteiger partial charge in [-0.15, -0.1) is 0 Å². The molecule has 0 bridgehead atoms. The fraction of sp³-hybridized carbons (Fsp3) is 0.312. The Kier molecular flexibility index (Phi) is 5.00. The number of hydrogen-bond donors (Lipinski definition) is 0. The predicted octanol–water partition coefficient (Wildman–Crippen LogP) is 2.70. The molecule has 2 heterocycles. The number of halogens is 4. The van der Waals surface area contributed by atoms with Crippen LogP contribution in [0.25, 0.3) is 0 Å². The molecule has 1 aromatic carbocycles. The first-order valence-corrected chi connectivity index (χ1v) is 9.09. The molecular weight excluding hydrogens is 392 g/mol. The first-order chi connectivity index (χ1) is 12.6. The van der Waals surface area contributed by atoms with E-state index in [1.54, 1.807) is 0 Å². The minimum atomic E-state index is -4.61. The maximum Gasteiger partial charge on any atom is 0.433 e. The summed E-state index contributed by atoms with van der Waals surface area (Å²) in [6.45, 7) is -0.183. The Balaban J connectivity index is 1.70. The van der Waals surface area contributed by atoms with Crippen molar-refractivity contribution in [3.8, 4) is 11.5 Å². The molecule has 6 nitrogen and oxygen atoms in total. The predicted molar refractivity (Wildman–Crippen MR) is 85.4 cm³/mol. The van der Waals surface area contributed by atoms with Crippen LogP contribution in [0.1, 0.15) is 5.69 Å². The molecule has 1 saturated heterocycles. The first kappa shape index (κ1) is 19.4. The smallest absolute Gasteiger partial charge is 0.433 e. The molecule has 1 aliphatic rings. The van der Waals surface area contributed by atoms with Gasteiger partial charge in [-0.2, -0.15) is 17.5 Å². The summed E-state index contributed by atoms with van der Waals surface area (Å²) < 4.78 is 88.0. The lowest BCUT2D eigenvalue weighted by atomic mass is 10.2. The molecule has 0 aliphatic carbocycles. The lowest BCUT2D eigenvalue weighted by Gasteiger charge is -2.38. The number of ether oxygens (including phenoxy) is 2. The second kappa shape index (κ2) is 6.97. The van der Waals surface area contributed by atoms with Gasteiger partial charge in [0.2, 0.25) is 10.0 Å². The molecule has 1 aromatic heterocycles. The highest BCUT2D eigenvalue weighted by Gasteiger charge is 2.40. The summed E-state index contributed by atoms with van der Waals surface area (Å²) in [5, 5.41) is 0. The number of benzene rings is 1. The number of sulfonamides is 1. The maximum atomic E-state index is 13.4. The summed E-state index contributed by atoms with van der Waals surface area (Å²) in [5.74, 6) is -0.813. The topological polar surface area (TPSA) is 68.7 Å². The Morgan fingerprint density at radius 3 is 2.52 bits per heavy atom. The molecule has 27 heavy (non-hydrogen) atoms. The van der Waals surface area contributed by atoms with Crippen LogP contribution in [0.2, 0.25) is 0 Å². The molecule has 1 fully saturated rings. The van der Waals surface area contributed by atoms with Gasteiger partial charge in [0.15, 0.2) is 0 Å². The number of alkyl halides is 3. The molecule has 0 spiro atoms. The number of rotatable bonds is 5. The van der Waals surface area contributed by atoms with Crippen LogP contribution in [-0.4, -0.2) is 44.0 Å². The molecule has 0 radical (unpaired) electrons. The summed E-state index contributed by atoms with van der Waals surface area (Å²) in [7, 11) is -2.77. The second-order valence-corrected chi connectivity index (χ2v) is 7.64. The maximum absolute atomic E-state index is 13.4. The van der Waals surface area contributed by atoms with Crippen LogP contribution in [0.5, 0.6) is 11.5 Å². The summed E-state index contributed by atoms with van der Waals surface area (Å²) in [5.41, 5.74) is -1.10. The van der Waals surface area contributed by atoms with Crippen molar-refractivity contribution in [3.63, 3.8) is 0 Å². The third-order valence-corrected chi connectivity index (χ3v) is 5.74. The van der Waals surface area contributed by atoms with Gasteiger partial charge in [0, 0.05) is 12.3 Å². The Bertz CT molecular complexity index is 944. The fourth-order valence-corrected chi connectivity index (χ4v) is 4.17. The second-order valence-electron chi connectivity index (χ2n) is 5.73. The van der Waals surface area contributed by atoms with Gasteiger partial charge in [0.25, 0.3) is 0 Å². The van der Waals surface area contributed by atoms with E-state index in [1.807, 2.05) is 0 Å². The van der Waals surface area contributed by atoms with Crippen LogP contribution in [0, 0.1) is 5.82 Å². The summed E-state index contributed by atoms with van der Waals surface area (Å²) in [6, 6.07) is 5.11. The number of aromatic nitrogens is 1. The lowest BCUT2D eigenvalue weighted by Crippen LogP contribution is -2.56. The van der Waals surface area contributed by atoms with Crippen LogP contribution in [-0.2, 0) is 16.2 Å². The van der Waals surface area contributed by atoms with Crippen LogP contribution in [0.4, 0.5) is 17.6 Å². The SMILES string of the molecule is COc1ccc(F)cc1S(=O)(=O)N1CC(Oc2ccnc(C(F)(F)F)c2)C1. The van der Waals surface area contributed by atoms with E-state index >= 15 is 0 Å². The molecule has 0 saturated carbocycles. The molecule has 146 valence electrons. The number of hydrogen-bond acceptors (Lipinski definition) is 5. The van der Waals surface area contributed by atoms with Gasteiger partial charge in [-0.25, -0.2) is 12.8 Å². The highest BCUT2D eigenvalue weighted by molar-refractivity contribution is 7.89. The first-order valence-electron chi connectivity index (χ1n) is 7.65. The summed E-state index contributed by atoms with van der Waals surface area (Å²) in [4.78, 5) is 2.90. The fourth-order valence-electron chi connectivity index (χ4n) is 2.49. The molecule has 0 amide bonds. The number of pyridine rings is 1. The van der Waals surface area contributed by atoms with Gasteiger partial charge >= 0.3 is 6.18 Å². The largest absolute Gasteiger partial charge is 0.495 e. The van der Waals surface area contributed by atoms with Gasteiger partial charge < -0.3 is 9.47 Å². The molecule has 0 N–H and O–H groups in total. The van der Waals surface area contributed by atoms with E-state index in [9.17, 15) is 26.0 Å². The molecule has 0 atom stereocenters. The third-order valence-electron chi connectivity index (χ3n) is 3.88. The normalized spacial score (nSPS) is 16.0. The van der Waals surface area contributed by atoms with Gasteiger partial charge in [-0.3, -0.25) is 4.98 Å². The molecule has 0 unspecified atom stereocenters. The van der Waals surface area contributed by atoms with E-state index in [0.29, 0.717) is 0 Å². The Hall–Kier alpha value is -2.40. The van der Waals surface area contributed by atoms with Gasteiger partial charge in [-0.05, 0) is 24.3 Å². The van der Waals surface area contributed by atoms with Crippen molar-refractivity contribution in [2.45, 2.75) is 17.2 Å². The zero-order valence-corrected chi connectivity index (χ0v) is 14.7. The van der Waals surface area contributed by atoms with Crippen molar-refractivity contribution in [2.75, 3.05) is 20.2 Å².